The molecule has 0 amide bonds. The fraction of sp³-hybridized carbons (Fsp3) is 0.250. The Morgan fingerprint density at radius 1 is 1.04 bits per heavy atom. The first-order chi connectivity index (χ1) is 12.6. The summed E-state index contributed by atoms with van der Waals surface area (Å²) >= 11 is 6.00. The van der Waals surface area contributed by atoms with Crippen LogP contribution in [0.25, 0.3) is 11.3 Å². The maximum Gasteiger partial charge on any atom is 0.131 e. The van der Waals surface area contributed by atoms with Crippen molar-refractivity contribution < 1.29 is 8.78 Å². The lowest BCUT2D eigenvalue weighted by Crippen LogP contribution is -2.18. The molecule has 0 bridgehead atoms. The Morgan fingerprint density at radius 2 is 1.81 bits per heavy atom. The van der Waals surface area contributed by atoms with Gasteiger partial charge >= 0.3 is 0 Å². The number of hydrogen-bond acceptors (Lipinski definition) is 2. The van der Waals surface area contributed by atoms with Crippen molar-refractivity contribution in [3.05, 3.63) is 75.9 Å². The third-order valence-electron chi connectivity index (χ3n) is 4.71. The number of nitrogens with zero attached hydrogens (tertiary/aromatic N) is 2. The van der Waals surface area contributed by atoms with Crippen LogP contribution < -0.4 is 5.32 Å². The van der Waals surface area contributed by atoms with Crippen molar-refractivity contribution in [2.75, 3.05) is 13.1 Å². The van der Waals surface area contributed by atoms with Gasteiger partial charge in [0.2, 0.25) is 0 Å². The molecule has 1 aliphatic rings. The molecule has 1 aliphatic heterocycles. The van der Waals surface area contributed by atoms with E-state index < -0.39 is 11.6 Å². The van der Waals surface area contributed by atoms with Crippen LogP contribution in [0.5, 0.6) is 0 Å². The van der Waals surface area contributed by atoms with Gasteiger partial charge < -0.3 is 5.32 Å². The minimum absolute atomic E-state index is 0.280. The topological polar surface area (TPSA) is 29.9 Å². The second-order valence-electron chi connectivity index (χ2n) is 6.42. The number of rotatable bonds is 3. The van der Waals surface area contributed by atoms with Crippen molar-refractivity contribution in [3.8, 4) is 11.3 Å². The normalized spacial score (nSPS) is 14.1. The van der Waals surface area contributed by atoms with E-state index in [4.69, 9.17) is 16.7 Å². The van der Waals surface area contributed by atoms with E-state index in [0.29, 0.717) is 10.6 Å². The van der Waals surface area contributed by atoms with E-state index in [-0.39, 0.29) is 6.54 Å². The quantitative estimate of drug-likeness (QED) is 0.745. The summed E-state index contributed by atoms with van der Waals surface area (Å²) in [5.74, 6) is -1.12. The number of halogens is 3. The first-order valence-corrected chi connectivity index (χ1v) is 8.99. The van der Waals surface area contributed by atoms with Crippen LogP contribution >= 0.6 is 11.6 Å². The Morgan fingerprint density at radius 3 is 2.58 bits per heavy atom. The van der Waals surface area contributed by atoms with Crippen LogP contribution in [0.2, 0.25) is 5.02 Å². The van der Waals surface area contributed by atoms with Crippen molar-refractivity contribution in [3.63, 3.8) is 0 Å². The van der Waals surface area contributed by atoms with Crippen LogP contribution in [0.1, 0.15) is 16.8 Å². The summed E-state index contributed by atoms with van der Waals surface area (Å²) in [5.41, 5.74) is 4.61. The van der Waals surface area contributed by atoms with E-state index >= 15 is 0 Å². The van der Waals surface area contributed by atoms with Crippen molar-refractivity contribution >= 4 is 11.6 Å². The van der Waals surface area contributed by atoms with Crippen molar-refractivity contribution in [1.82, 2.24) is 15.1 Å². The van der Waals surface area contributed by atoms with E-state index in [1.807, 2.05) is 28.9 Å². The lowest BCUT2D eigenvalue weighted by Gasteiger charge is -2.08. The van der Waals surface area contributed by atoms with Crippen LogP contribution in [0.15, 0.2) is 42.5 Å². The Labute approximate surface area is 155 Å². The van der Waals surface area contributed by atoms with Crippen molar-refractivity contribution in [2.24, 2.45) is 0 Å². The molecule has 0 spiro atoms. The summed E-state index contributed by atoms with van der Waals surface area (Å²) in [6, 6.07) is 11.3. The summed E-state index contributed by atoms with van der Waals surface area (Å²) in [7, 11) is 0. The molecule has 4 rings (SSSR count). The van der Waals surface area contributed by atoms with Gasteiger partial charge in [-0.15, -0.1) is 0 Å². The zero-order valence-corrected chi connectivity index (χ0v) is 14.9. The molecule has 0 aliphatic carbocycles. The summed E-state index contributed by atoms with van der Waals surface area (Å²) in [4.78, 5) is 0. The Bertz CT molecular complexity index is 935. The minimum Gasteiger partial charge on any atom is -0.316 e. The van der Waals surface area contributed by atoms with Gasteiger partial charge in [0.25, 0.3) is 0 Å². The predicted octanol–water partition coefficient (Wildman–Crippen LogP) is 4.22. The number of aromatic nitrogens is 2. The molecule has 26 heavy (non-hydrogen) atoms. The highest BCUT2D eigenvalue weighted by atomic mass is 35.5. The molecule has 134 valence electrons. The van der Waals surface area contributed by atoms with Gasteiger partial charge in [0.1, 0.15) is 11.6 Å². The minimum atomic E-state index is -0.573. The SMILES string of the molecule is Fc1ccc(Cn2nc(-c3ccc(Cl)cc3)c3c2CCNCC3)c(F)c1. The van der Waals surface area contributed by atoms with E-state index in [1.54, 1.807) is 0 Å². The van der Waals surface area contributed by atoms with Gasteiger partial charge in [0, 0.05) is 46.4 Å². The van der Waals surface area contributed by atoms with Crippen molar-refractivity contribution in [1.29, 1.82) is 0 Å². The largest absolute Gasteiger partial charge is 0.316 e. The fourth-order valence-electron chi connectivity index (χ4n) is 3.40. The average Bonchev–Trinajstić information content (AvgIpc) is 2.80. The second kappa shape index (κ2) is 7.17. The van der Waals surface area contributed by atoms with E-state index in [1.165, 1.54) is 17.7 Å². The van der Waals surface area contributed by atoms with Crippen LogP contribution in [-0.4, -0.2) is 22.9 Å². The summed E-state index contributed by atoms with van der Waals surface area (Å²) in [5, 5.41) is 8.85. The van der Waals surface area contributed by atoms with E-state index in [2.05, 4.69) is 5.32 Å². The van der Waals surface area contributed by atoms with Crippen molar-refractivity contribution in [2.45, 2.75) is 19.4 Å². The monoisotopic (exact) mass is 373 g/mol. The molecular weight excluding hydrogens is 356 g/mol. The molecule has 3 nitrogen and oxygen atoms in total. The zero-order valence-electron chi connectivity index (χ0n) is 14.1. The molecule has 0 saturated heterocycles. The molecule has 2 heterocycles. The summed E-state index contributed by atoms with van der Waals surface area (Å²) < 4.78 is 29.2. The molecule has 0 unspecified atom stereocenters. The Hall–Kier alpha value is -2.24. The highest BCUT2D eigenvalue weighted by Gasteiger charge is 2.21. The molecule has 0 fully saturated rings. The Balaban J connectivity index is 1.78. The zero-order chi connectivity index (χ0) is 18.1. The van der Waals surface area contributed by atoms with Gasteiger partial charge in [0.15, 0.2) is 0 Å². The van der Waals surface area contributed by atoms with Gasteiger partial charge in [-0.25, -0.2) is 8.78 Å². The number of hydrogen-bond donors (Lipinski definition) is 1. The lowest BCUT2D eigenvalue weighted by molar-refractivity contribution is 0.552. The molecule has 6 heteroatoms. The van der Waals surface area contributed by atoms with Crippen LogP contribution in [-0.2, 0) is 19.4 Å². The molecule has 2 aromatic carbocycles. The van der Waals surface area contributed by atoms with E-state index in [9.17, 15) is 8.78 Å². The third kappa shape index (κ3) is 3.37. The Kier molecular flexibility index (Phi) is 4.74. The molecule has 0 radical (unpaired) electrons. The number of nitrogens with one attached hydrogen (secondary N) is 1. The second-order valence-corrected chi connectivity index (χ2v) is 6.86. The standard InChI is InChI=1S/C20H18ClF2N3/c21-15-4-1-13(2-5-15)20-17-7-9-24-10-8-19(17)26(25-20)12-14-3-6-16(22)11-18(14)23/h1-6,11,24H,7-10,12H2. The molecular formula is C20H18ClF2N3. The predicted molar refractivity (Wildman–Crippen MR) is 98.4 cm³/mol. The smallest absolute Gasteiger partial charge is 0.131 e. The maximum atomic E-state index is 14.1. The van der Waals surface area contributed by atoms with Crippen LogP contribution in [0.4, 0.5) is 8.78 Å². The number of fused-ring (bicyclic) bond motifs is 1. The maximum absolute atomic E-state index is 14.1. The van der Waals surface area contributed by atoms with Gasteiger partial charge in [-0.1, -0.05) is 29.8 Å². The first-order valence-electron chi connectivity index (χ1n) is 8.61. The highest BCUT2D eigenvalue weighted by Crippen LogP contribution is 2.29. The van der Waals surface area contributed by atoms with Gasteiger partial charge in [0.05, 0.1) is 12.2 Å². The first kappa shape index (κ1) is 17.2. The summed E-state index contributed by atoms with van der Waals surface area (Å²) in [6.07, 6.45) is 1.68. The third-order valence-corrected chi connectivity index (χ3v) is 4.96. The van der Waals surface area contributed by atoms with E-state index in [0.717, 1.165) is 48.9 Å². The number of benzene rings is 2. The molecule has 3 aromatic rings. The lowest BCUT2D eigenvalue weighted by atomic mass is 10.0. The molecule has 1 aromatic heterocycles. The molecule has 0 saturated carbocycles. The highest BCUT2D eigenvalue weighted by molar-refractivity contribution is 6.30. The van der Waals surface area contributed by atoms with Gasteiger partial charge in [-0.2, -0.15) is 5.10 Å². The molecule has 1 N–H and O–H groups in total. The summed E-state index contributed by atoms with van der Waals surface area (Å²) in [6.45, 7) is 2.01. The van der Waals surface area contributed by atoms with Gasteiger partial charge in [-0.05, 0) is 31.2 Å². The fourth-order valence-corrected chi connectivity index (χ4v) is 3.53. The van der Waals surface area contributed by atoms with Gasteiger partial charge in [-0.3, -0.25) is 4.68 Å². The van der Waals surface area contributed by atoms with Crippen LogP contribution in [0.3, 0.4) is 0 Å². The average molecular weight is 374 g/mol. The molecule has 0 atom stereocenters. The van der Waals surface area contributed by atoms with Crippen LogP contribution in [0, 0.1) is 11.6 Å².